The minimum absolute atomic E-state index is 0.0834. The van der Waals surface area contributed by atoms with Crippen molar-refractivity contribution in [2.75, 3.05) is 0 Å². The van der Waals surface area contributed by atoms with Crippen LogP contribution in [-0.2, 0) is 26.0 Å². The number of aryl methyl sites for hydroxylation is 2. The summed E-state index contributed by atoms with van der Waals surface area (Å²) in [6.07, 6.45) is 1.72. The van der Waals surface area contributed by atoms with Crippen LogP contribution in [0, 0.1) is 13.8 Å². The lowest BCUT2D eigenvalue weighted by atomic mass is 10.1. The summed E-state index contributed by atoms with van der Waals surface area (Å²) in [5.41, 5.74) is 2.54. The first-order chi connectivity index (χ1) is 15.2. The highest BCUT2D eigenvalue weighted by atomic mass is 35.5. The predicted octanol–water partition coefficient (Wildman–Crippen LogP) is 4.84. The molecule has 0 unspecified atom stereocenters. The van der Waals surface area contributed by atoms with E-state index in [4.69, 9.17) is 20.9 Å². The highest BCUT2D eigenvalue weighted by molar-refractivity contribution is 7.93. The van der Waals surface area contributed by atoms with Crippen molar-refractivity contribution in [3.8, 4) is 11.4 Å². The molecule has 0 spiro atoms. The van der Waals surface area contributed by atoms with Crippen LogP contribution in [0.15, 0.2) is 51.9 Å². The normalized spacial score (nSPS) is 15.6. The molecule has 4 rings (SSSR count). The number of hydrogen-bond acceptors (Lipinski definition) is 7. The number of carbonyl (C=O) groups is 1. The van der Waals surface area contributed by atoms with Crippen molar-refractivity contribution in [2.24, 2.45) is 0 Å². The van der Waals surface area contributed by atoms with Crippen molar-refractivity contribution >= 4 is 27.4 Å². The van der Waals surface area contributed by atoms with Gasteiger partial charge in [-0.15, -0.1) is 0 Å². The van der Waals surface area contributed by atoms with Gasteiger partial charge < -0.3 is 9.26 Å². The molecule has 1 fully saturated rings. The van der Waals surface area contributed by atoms with Crippen molar-refractivity contribution < 1.29 is 22.5 Å². The number of ether oxygens (including phenoxy) is 1. The number of esters is 1. The number of sulfone groups is 1. The lowest BCUT2D eigenvalue weighted by Gasteiger charge is -2.26. The Bertz CT molecular complexity index is 1250. The van der Waals surface area contributed by atoms with Gasteiger partial charge >= 0.3 is 5.97 Å². The molecule has 0 aliphatic heterocycles. The van der Waals surface area contributed by atoms with Crippen LogP contribution < -0.4 is 0 Å². The molecule has 0 N–H and O–H groups in total. The van der Waals surface area contributed by atoms with Gasteiger partial charge in [0.1, 0.15) is 0 Å². The average Bonchev–Trinajstić information content (AvgIpc) is 3.45. The zero-order chi connectivity index (χ0) is 22.9. The Balaban J connectivity index is 1.54. The van der Waals surface area contributed by atoms with Gasteiger partial charge in [-0.3, -0.25) is 4.79 Å². The van der Waals surface area contributed by atoms with Gasteiger partial charge in [0.2, 0.25) is 5.82 Å². The van der Waals surface area contributed by atoms with Crippen molar-refractivity contribution in [3.05, 3.63) is 64.5 Å². The van der Waals surface area contributed by atoms with Gasteiger partial charge in [0.05, 0.1) is 4.90 Å². The summed E-state index contributed by atoms with van der Waals surface area (Å²) in [6.45, 7) is 3.46. The summed E-state index contributed by atoms with van der Waals surface area (Å²) in [4.78, 5) is 17.5. The molecule has 1 heterocycles. The third-order valence-corrected chi connectivity index (χ3v) is 8.71. The van der Waals surface area contributed by atoms with E-state index in [-0.39, 0.29) is 30.2 Å². The lowest BCUT2D eigenvalue weighted by molar-refractivity contribution is -0.148. The smallest absolute Gasteiger partial charge is 0.328 e. The molecule has 0 saturated heterocycles. The number of benzene rings is 2. The second kappa shape index (κ2) is 8.67. The fourth-order valence-electron chi connectivity index (χ4n) is 3.92. The first kappa shape index (κ1) is 22.5. The molecule has 3 aromatic rings. The molecule has 1 saturated carbocycles. The van der Waals surface area contributed by atoms with Crippen LogP contribution in [0.4, 0.5) is 0 Å². The van der Waals surface area contributed by atoms with Gasteiger partial charge in [-0.05, 0) is 74.2 Å². The van der Waals surface area contributed by atoms with Gasteiger partial charge in [0, 0.05) is 10.6 Å². The fourth-order valence-corrected chi connectivity index (χ4v) is 6.18. The maximum atomic E-state index is 13.5. The van der Waals surface area contributed by atoms with Crippen LogP contribution in [-0.4, -0.2) is 29.3 Å². The summed E-state index contributed by atoms with van der Waals surface area (Å²) >= 11 is 5.89. The van der Waals surface area contributed by atoms with Crippen molar-refractivity contribution in [2.45, 2.75) is 55.8 Å². The topological polar surface area (TPSA) is 99.4 Å². The number of hydrogen-bond donors (Lipinski definition) is 0. The molecule has 0 bridgehead atoms. The van der Waals surface area contributed by atoms with Gasteiger partial charge in [0.25, 0.3) is 5.89 Å². The predicted molar refractivity (Wildman–Crippen MR) is 119 cm³/mol. The first-order valence-electron chi connectivity index (χ1n) is 10.3. The molecule has 168 valence electrons. The summed E-state index contributed by atoms with van der Waals surface area (Å²) in [5, 5.41) is 4.47. The minimum atomic E-state index is -3.94. The van der Waals surface area contributed by atoms with Gasteiger partial charge in [0.15, 0.2) is 21.2 Å². The molecule has 0 radical (unpaired) electrons. The standard InChI is InChI=1S/C23H23ClN2O5S/c1-15-5-10-19(13-16(15)2)32(28,29)23(11-3-4-12-23)22(27)30-14-20-25-21(26-31-20)17-6-8-18(24)9-7-17/h5-10,13H,3-4,11-12,14H2,1-2H3. The third-order valence-electron chi connectivity index (χ3n) is 5.98. The molecular formula is C23H23ClN2O5S. The minimum Gasteiger partial charge on any atom is -0.454 e. The van der Waals surface area contributed by atoms with E-state index in [1.165, 1.54) is 0 Å². The zero-order valence-electron chi connectivity index (χ0n) is 17.8. The summed E-state index contributed by atoms with van der Waals surface area (Å²) in [7, 11) is -3.94. The SMILES string of the molecule is Cc1ccc(S(=O)(=O)C2(C(=O)OCc3nc(-c4ccc(Cl)cc4)no3)CCCC2)cc1C. The molecule has 1 aromatic heterocycles. The second-order valence-electron chi connectivity index (χ2n) is 8.05. The quantitative estimate of drug-likeness (QED) is 0.471. The van der Waals surface area contributed by atoms with E-state index in [0.29, 0.717) is 29.3 Å². The van der Waals surface area contributed by atoms with Gasteiger partial charge in [-0.25, -0.2) is 8.42 Å². The van der Waals surface area contributed by atoms with E-state index in [1.54, 1.807) is 42.5 Å². The summed E-state index contributed by atoms with van der Waals surface area (Å²) in [5.74, 6) is -0.370. The van der Waals surface area contributed by atoms with Crippen LogP contribution in [0.25, 0.3) is 11.4 Å². The maximum absolute atomic E-state index is 13.5. The second-order valence-corrected chi connectivity index (χ2v) is 10.7. The summed E-state index contributed by atoms with van der Waals surface area (Å²) in [6, 6.07) is 11.8. The Hall–Kier alpha value is -2.71. The highest BCUT2D eigenvalue weighted by Crippen LogP contribution is 2.42. The van der Waals surface area contributed by atoms with Crippen LogP contribution >= 0.6 is 11.6 Å². The first-order valence-corrected chi connectivity index (χ1v) is 12.2. The number of rotatable bonds is 6. The highest BCUT2D eigenvalue weighted by Gasteiger charge is 2.54. The summed E-state index contributed by atoms with van der Waals surface area (Å²) < 4.78 is 36.0. The van der Waals surface area contributed by atoms with Crippen LogP contribution in [0.2, 0.25) is 5.02 Å². The van der Waals surface area contributed by atoms with E-state index in [0.717, 1.165) is 11.1 Å². The lowest BCUT2D eigenvalue weighted by Crippen LogP contribution is -2.45. The van der Waals surface area contributed by atoms with E-state index in [1.807, 2.05) is 13.8 Å². The zero-order valence-corrected chi connectivity index (χ0v) is 19.4. The molecular weight excluding hydrogens is 452 g/mol. The van der Waals surface area contributed by atoms with E-state index >= 15 is 0 Å². The Morgan fingerprint density at radius 1 is 1.09 bits per heavy atom. The number of nitrogens with zero attached hydrogens (tertiary/aromatic N) is 2. The number of aromatic nitrogens is 2. The largest absolute Gasteiger partial charge is 0.454 e. The number of halogens is 1. The van der Waals surface area contributed by atoms with E-state index in [9.17, 15) is 13.2 Å². The molecule has 9 heteroatoms. The van der Waals surface area contributed by atoms with Crippen molar-refractivity contribution in [1.29, 1.82) is 0 Å². The van der Waals surface area contributed by atoms with Crippen LogP contribution in [0.5, 0.6) is 0 Å². The van der Waals surface area contributed by atoms with Crippen LogP contribution in [0.3, 0.4) is 0 Å². The monoisotopic (exact) mass is 474 g/mol. The van der Waals surface area contributed by atoms with E-state index in [2.05, 4.69) is 10.1 Å². The molecule has 1 aliphatic rings. The third kappa shape index (κ3) is 4.04. The Morgan fingerprint density at radius 2 is 1.78 bits per heavy atom. The fraction of sp³-hybridized carbons (Fsp3) is 0.348. The van der Waals surface area contributed by atoms with E-state index < -0.39 is 20.6 Å². The molecule has 0 atom stereocenters. The van der Waals surface area contributed by atoms with Crippen molar-refractivity contribution in [1.82, 2.24) is 10.1 Å². The molecule has 1 aliphatic carbocycles. The molecule has 32 heavy (non-hydrogen) atoms. The molecule has 0 amide bonds. The number of carbonyl (C=O) groups excluding carboxylic acids is 1. The Morgan fingerprint density at radius 3 is 2.44 bits per heavy atom. The van der Waals surface area contributed by atoms with Crippen molar-refractivity contribution in [3.63, 3.8) is 0 Å². The van der Waals surface area contributed by atoms with Gasteiger partial charge in [-0.2, -0.15) is 4.98 Å². The molecule has 7 nitrogen and oxygen atoms in total. The Labute approximate surface area is 191 Å². The average molecular weight is 475 g/mol. The van der Waals surface area contributed by atoms with Crippen LogP contribution in [0.1, 0.15) is 42.7 Å². The maximum Gasteiger partial charge on any atom is 0.328 e. The molecule has 2 aromatic carbocycles. The van der Waals surface area contributed by atoms with Gasteiger partial charge in [-0.1, -0.05) is 35.7 Å². The Kier molecular flexibility index (Phi) is 6.09.